The van der Waals surface area contributed by atoms with Gasteiger partial charge in [-0.1, -0.05) is 30.3 Å². The van der Waals surface area contributed by atoms with E-state index < -0.39 is 0 Å². The van der Waals surface area contributed by atoms with E-state index in [4.69, 9.17) is 5.11 Å². The molecule has 0 aromatic heterocycles. The van der Waals surface area contributed by atoms with Crippen LogP contribution in [0.25, 0.3) is 0 Å². The predicted molar refractivity (Wildman–Crippen MR) is 71.9 cm³/mol. The van der Waals surface area contributed by atoms with Gasteiger partial charge in [-0.3, -0.25) is 4.79 Å². The van der Waals surface area contributed by atoms with Crippen LogP contribution in [0.1, 0.15) is 12.5 Å². The van der Waals surface area contributed by atoms with Crippen molar-refractivity contribution in [1.82, 2.24) is 4.90 Å². The SMILES string of the molecule is CCN(Cc1ccccc1)C(=O)CSCCO. The van der Waals surface area contributed by atoms with Crippen LogP contribution in [-0.4, -0.2) is 40.6 Å². The Kier molecular flexibility index (Phi) is 6.74. The molecule has 0 saturated carbocycles. The number of benzene rings is 1. The van der Waals surface area contributed by atoms with Crippen LogP contribution in [0.15, 0.2) is 30.3 Å². The zero-order valence-electron chi connectivity index (χ0n) is 10.1. The minimum atomic E-state index is 0.128. The predicted octanol–water partition coefficient (Wildman–Crippen LogP) is 1.76. The van der Waals surface area contributed by atoms with E-state index in [2.05, 4.69) is 0 Å². The fourth-order valence-corrected chi connectivity index (χ4v) is 2.13. The van der Waals surface area contributed by atoms with E-state index >= 15 is 0 Å². The zero-order valence-corrected chi connectivity index (χ0v) is 10.9. The molecule has 0 atom stereocenters. The van der Waals surface area contributed by atoms with Gasteiger partial charge in [-0.05, 0) is 12.5 Å². The highest BCUT2D eigenvalue weighted by Crippen LogP contribution is 2.07. The van der Waals surface area contributed by atoms with Crippen LogP contribution >= 0.6 is 11.8 Å². The van der Waals surface area contributed by atoms with Gasteiger partial charge >= 0.3 is 0 Å². The molecule has 0 aliphatic heterocycles. The van der Waals surface area contributed by atoms with E-state index in [0.29, 0.717) is 24.6 Å². The third kappa shape index (κ3) is 5.24. The number of hydrogen-bond acceptors (Lipinski definition) is 3. The van der Waals surface area contributed by atoms with Crippen molar-refractivity contribution in [1.29, 1.82) is 0 Å². The molecule has 0 spiro atoms. The van der Waals surface area contributed by atoms with Gasteiger partial charge in [0.1, 0.15) is 0 Å². The van der Waals surface area contributed by atoms with Crippen molar-refractivity contribution in [2.75, 3.05) is 24.7 Å². The lowest BCUT2D eigenvalue weighted by Crippen LogP contribution is -2.31. The first kappa shape index (κ1) is 14.1. The monoisotopic (exact) mass is 253 g/mol. The van der Waals surface area contributed by atoms with E-state index in [-0.39, 0.29) is 12.5 Å². The summed E-state index contributed by atoms with van der Waals surface area (Å²) in [6, 6.07) is 9.98. The number of aliphatic hydroxyl groups is 1. The Morgan fingerprint density at radius 1 is 1.35 bits per heavy atom. The number of nitrogens with zero attached hydrogens (tertiary/aromatic N) is 1. The average Bonchev–Trinajstić information content (AvgIpc) is 2.37. The molecule has 0 radical (unpaired) electrons. The molecule has 0 aliphatic rings. The molecule has 0 unspecified atom stereocenters. The Morgan fingerprint density at radius 3 is 2.65 bits per heavy atom. The summed E-state index contributed by atoms with van der Waals surface area (Å²) >= 11 is 1.47. The molecular formula is C13H19NO2S. The standard InChI is InChI=1S/C13H19NO2S/c1-2-14(13(16)11-17-9-8-15)10-12-6-4-3-5-7-12/h3-7,15H,2,8-11H2,1H3. The van der Waals surface area contributed by atoms with Gasteiger partial charge in [0.25, 0.3) is 0 Å². The van der Waals surface area contributed by atoms with Crippen LogP contribution < -0.4 is 0 Å². The summed E-state index contributed by atoms with van der Waals surface area (Å²) in [5.41, 5.74) is 1.15. The van der Waals surface area contributed by atoms with Crippen LogP contribution in [0, 0.1) is 0 Å². The van der Waals surface area contributed by atoms with Crippen LogP contribution in [0.5, 0.6) is 0 Å². The van der Waals surface area contributed by atoms with Crippen molar-refractivity contribution in [3.05, 3.63) is 35.9 Å². The molecule has 0 bridgehead atoms. The number of thioether (sulfide) groups is 1. The number of carbonyl (C=O) groups excluding carboxylic acids is 1. The Labute approximate surface area is 107 Å². The van der Waals surface area contributed by atoms with Crippen molar-refractivity contribution < 1.29 is 9.90 Å². The molecule has 0 fully saturated rings. The second kappa shape index (κ2) is 8.14. The summed E-state index contributed by atoms with van der Waals surface area (Å²) < 4.78 is 0. The fraction of sp³-hybridized carbons (Fsp3) is 0.462. The van der Waals surface area contributed by atoms with Crippen LogP contribution in [-0.2, 0) is 11.3 Å². The van der Waals surface area contributed by atoms with Gasteiger partial charge < -0.3 is 10.0 Å². The molecule has 17 heavy (non-hydrogen) atoms. The van der Waals surface area contributed by atoms with Gasteiger partial charge in [-0.15, -0.1) is 11.8 Å². The van der Waals surface area contributed by atoms with Crippen molar-refractivity contribution in [3.63, 3.8) is 0 Å². The summed E-state index contributed by atoms with van der Waals surface area (Å²) in [5, 5.41) is 8.66. The van der Waals surface area contributed by atoms with E-state index in [1.165, 1.54) is 11.8 Å². The molecule has 1 rings (SSSR count). The smallest absolute Gasteiger partial charge is 0.232 e. The van der Waals surface area contributed by atoms with E-state index in [1.807, 2.05) is 42.2 Å². The second-order valence-corrected chi connectivity index (χ2v) is 4.77. The minimum absolute atomic E-state index is 0.128. The van der Waals surface area contributed by atoms with Crippen LogP contribution in [0.3, 0.4) is 0 Å². The topological polar surface area (TPSA) is 40.5 Å². The number of hydrogen-bond donors (Lipinski definition) is 1. The lowest BCUT2D eigenvalue weighted by Gasteiger charge is -2.20. The van der Waals surface area contributed by atoms with Gasteiger partial charge in [-0.2, -0.15) is 0 Å². The first-order chi connectivity index (χ1) is 8.27. The molecule has 4 heteroatoms. The summed E-state index contributed by atoms with van der Waals surface area (Å²) in [7, 11) is 0. The lowest BCUT2D eigenvalue weighted by atomic mass is 10.2. The van der Waals surface area contributed by atoms with Crippen molar-refractivity contribution in [2.45, 2.75) is 13.5 Å². The summed E-state index contributed by atoms with van der Waals surface area (Å²) in [6.07, 6.45) is 0. The lowest BCUT2D eigenvalue weighted by molar-refractivity contribution is -0.128. The van der Waals surface area contributed by atoms with Crippen LogP contribution in [0.2, 0.25) is 0 Å². The number of rotatable bonds is 7. The Hall–Kier alpha value is -1.00. The van der Waals surface area contributed by atoms with Gasteiger partial charge in [0.2, 0.25) is 5.91 Å². The number of aliphatic hydroxyl groups excluding tert-OH is 1. The molecule has 0 saturated heterocycles. The summed E-state index contributed by atoms with van der Waals surface area (Å²) in [6.45, 7) is 3.49. The quantitative estimate of drug-likeness (QED) is 0.753. The van der Waals surface area contributed by atoms with Crippen molar-refractivity contribution in [3.8, 4) is 0 Å². The summed E-state index contributed by atoms with van der Waals surface area (Å²) in [4.78, 5) is 13.7. The molecule has 0 heterocycles. The van der Waals surface area contributed by atoms with Crippen molar-refractivity contribution in [2.24, 2.45) is 0 Å². The van der Waals surface area contributed by atoms with Gasteiger partial charge in [0, 0.05) is 18.8 Å². The zero-order chi connectivity index (χ0) is 12.5. The number of amides is 1. The normalized spacial score (nSPS) is 10.2. The molecule has 94 valence electrons. The Morgan fingerprint density at radius 2 is 2.06 bits per heavy atom. The molecule has 3 nitrogen and oxygen atoms in total. The minimum Gasteiger partial charge on any atom is -0.396 e. The van der Waals surface area contributed by atoms with Crippen molar-refractivity contribution >= 4 is 17.7 Å². The first-order valence-corrected chi connectivity index (χ1v) is 6.93. The van der Waals surface area contributed by atoms with E-state index in [1.54, 1.807) is 0 Å². The highest BCUT2D eigenvalue weighted by atomic mass is 32.2. The number of carbonyl (C=O) groups is 1. The van der Waals surface area contributed by atoms with E-state index in [0.717, 1.165) is 5.56 Å². The Balaban J connectivity index is 2.45. The maximum Gasteiger partial charge on any atom is 0.232 e. The highest BCUT2D eigenvalue weighted by molar-refractivity contribution is 7.99. The van der Waals surface area contributed by atoms with Gasteiger partial charge in [-0.25, -0.2) is 0 Å². The maximum absolute atomic E-state index is 11.9. The first-order valence-electron chi connectivity index (χ1n) is 5.78. The highest BCUT2D eigenvalue weighted by Gasteiger charge is 2.11. The van der Waals surface area contributed by atoms with E-state index in [9.17, 15) is 4.79 Å². The van der Waals surface area contributed by atoms with Crippen LogP contribution in [0.4, 0.5) is 0 Å². The second-order valence-electron chi connectivity index (χ2n) is 3.67. The maximum atomic E-state index is 11.9. The summed E-state index contributed by atoms with van der Waals surface area (Å²) in [5.74, 6) is 1.20. The largest absolute Gasteiger partial charge is 0.396 e. The third-order valence-corrected chi connectivity index (χ3v) is 3.33. The molecular weight excluding hydrogens is 234 g/mol. The average molecular weight is 253 g/mol. The molecule has 0 aliphatic carbocycles. The molecule has 1 N–H and O–H groups in total. The molecule has 1 aromatic rings. The van der Waals surface area contributed by atoms with Gasteiger partial charge in [0.15, 0.2) is 0 Å². The Bertz CT molecular complexity index is 329. The third-order valence-electron chi connectivity index (χ3n) is 2.41. The molecule has 1 aromatic carbocycles. The fourth-order valence-electron chi connectivity index (χ4n) is 1.50. The van der Waals surface area contributed by atoms with Gasteiger partial charge in [0.05, 0.1) is 12.4 Å². The molecule has 1 amide bonds.